The molecule has 1 aromatic rings. The minimum Gasteiger partial charge on any atom is -0.444 e. The number of rotatable bonds is 4. The number of morpholine rings is 1. The lowest BCUT2D eigenvalue weighted by Gasteiger charge is -2.42. The third-order valence-corrected chi connectivity index (χ3v) is 8.70. The van der Waals surface area contributed by atoms with Crippen molar-refractivity contribution in [2.75, 3.05) is 44.0 Å². The Morgan fingerprint density at radius 3 is 2.50 bits per heavy atom. The van der Waals surface area contributed by atoms with Gasteiger partial charge in [-0.05, 0) is 73.7 Å². The maximum atomic E-state index is 13.1. The summed E-state index contributed by atoms with van der Waals surface area (Å²) >= 11 is 3.50. The first-order valence-electron chi connectivity index (χ1n) is 11.1. The zero-order valence-electron chi connectivity index (χ0n) is 19.6. The first kappa shape index (κ1) is 25.2. The maximum absolute atomic E-state index is 13.1. The molecule has 2 aliphatic heterocycles. The van der Waals surface area contributed by atoms with Gasteiger partial charge in [-0.15, -0.1) is 0 Å². The number of halogens is 1. The number of hydrogen-bond donors (Lipinski definition) is 0. The molecule has 0 aliphatic carbocycles. The molecule has 0 bridgehead atoms. The van der Waals surface area contributed by atoms with Crippen LogP contribution in [-0.4, -0.2) is 75.1 Å². The lowest BCUT2D eigenvalue weighted by Crippen LogP contribution is -2.50. The van der Waals surface area contributed by atoms with Crippen molar-refractivity contribution in [2.45, 2.75) is 63.3 Å². The number of anilines is 1. The van der Waals surface area contributed by atoms with E-state index < -0.39 is 26.3 Å². The highest BCUT2D eigenvalue weighted by Gasteiger charge is 2.47. The minimum absolute atomic E-state index is 0.196. The number of carbonyl (C=O) groups excluding carboxylic acids is 1. The monoisotopic (exact) mass is 531 g/mol. The summed E-state index contributed by atoms with van der Waals surface area (Å²) in [6.07, 6.45) is 2.40. The van der Waals surface area contributed by atoms with Gasteiger partial charge in [-0.25, -0.2) is 18.2 Å². The zero-order valence-corrected chi connectivity index (χ0v) is 22.0. The number of amides is 1. The average molecular weight is 533 g/mol. The van der Waals surface area contributed by atoms with E-state index in [1.165, 1.54) is 6.26 Å². The van der Waals surface area contributed by atoms with Gasteiger partial charge in [0.25, 0.3) is 0 Å². The molecule has 180 valence electrons. The van der Waals surface area contributed by atoms with Gasteiger partial charge in [-0.1, -0.05) is 6.92 Å². The minimum atomic E-state index is -3.48. The zero-order chi connectivity index (χ0) is 23.7. The van der Waals surface area contributed by atoms with E-state index in [1.54, 1.807) is 11.0 Å². The van der Waals surface area contributed by atoms with Crippen molar-refractivity contribution >= 4 is 37.7 Å². The number of ether oxygens (including phenoxy) is 2. The van der Waals surface area contributed by atoms with Crippen LogP contribution in [0.4, 0.5) is 10.6 Å². The fraction of sp³-hybridized carbons (Fsp3) is 0.727. The number of pyridine rings is 1. The number of sulfone groups is 1. The van der Waals surface area contributed by atoms with Crippen molar-refractivity contribution in [3.8, 4) is 0 Å². The van der Waals surface area contributed by atoms with E-state index in [2.05, 4.69) is 32.7 Å². The van der Waals surface area contributed by atoms with Crippen LogP contribution in [-0.2, 0) is 24.1 Å². The summed E-state index contributed by atoms with van der Waals surface area (Å²) in [7, 11) is -3.48. The van der Waals surface area contributed by atoms with Crippen LogP contribution in [0.2, 0.25) is 0 Å². The van der Waals surface area contributed by atoms with Crippen molar-refractivity contribution in [3.63, 3.8) is 0 Å². The summed E-state index contributed by atoms with van der Waals surface area (Å²) in [5, 5.41) is 0. The van der Waals surface area contributed by atoms with Crippen LogP contribution < -0.4 is 4.90 Å². The molecule has 1 aromatic heterocycles. The molecule has 0 N–H and O–H groups in total. The van der Waals surface area contributed by atoms with Crippen LogP contribution in [0.5, 0.6) is 0 Å². The third-order valence-electron chi connectivity index (χ3n) is 6.23. The summed E-state index contributed by atoms with van der Waals surface area (Å²) in [6.45, 7) is 10.1. The van der Waals surface area contributed by atoms with Crippen LogP contribution in [0.3, 0.4) is 0 Å². The molecule has 2 fully saturated rings. The highest BCUT2D eigenvalue weighted by Crippen LogP contribution is 2.42. The Morgan fingerprint density at radius 1 is 1.28 bits per heavy atom. The van der Waals surface area contributed by atoms with E-state index in [0.717, 1.165) is 12.2 Å². The summed E-state index contributed by atoms with van der Waals surface area (Å²) in [6, 6.07) is 3.90. The molecule has 2 saturated heterocycles. The number of likely N-dealkylation sites (tertiary alicyclic amines) is 1. The van der Waals surface area contributed by atoms with E-state index in [4.69, 9.17) is 9.47 Å². The smallest absolute Gasteiger partial charge is 0.410 e. The van der Waals surface area contributed by atoms with E-state index in [0.29, 0.717) is 55.9 Å². The average Bonchev–Trinajstić information content (AvgIpc) is 2.71. The van der Waals surface area contributed by atoms with E-state index in [9.17, 15) is 13.2 Å². The Hall–Kier alpha value is -1.39. The molecule has 0 unspecified atom stereocenters. The Balaban J connectivity index is 1.93. The molecule has 0 spiro atoms. The van der Waals surface area contributed by atoms with Crippen LogP contribution in [0.15, 0.2) is 16.7 Å². The first-order valence-corrected chi connectivity index (χ1v) is 13.7. The van der Waals surface area contributed by atoms with Crippen molar-refractivity contribution in [3.05, 3.63) is 22.3 Å². The highest BCUT2D eigenvalue weighted by atomic mass is 79.9. The SMILES string of the molecule is CC[C@H]1COCCN1c1cc(C2(S(C)(=O)=O)CCN(C(=O)OC(C)(C)C)CC2)cc(Br)n1. The molecule has 1 amide bonds. The molecule has 1 atom stereocenters. The molecule has 10 heteroatoms. The molecule has 0 saturated carbocycles. The Morgan fingerprint density at radius 2 is 1.94 bits per heavy atom. The molecular weight excluding hydrogens is 498 g/mol. The molecule has 0 radical (unpaired) electrons. The number of hydrogen-bond acceptors (Lipinski definition) is 7. The molecule has 8 nitrogen and oxygen atoms in total. The van der Waals surface area contributed by atoms with Crippen LogP contribution in [0.1, 0.15) is 52.5 Å². The number of nitrogens with zero attached hydrogens (tertiary/aromatic N) is 3. The highest BCUT2D eigenvalue weighted by molar-refractivity contribution is 9.10. The lowest BCUT2D eigenvalue weighted by atomic mass is 9.88. The summed E-state index contributed by atoms with van der Waals surface area (Å²) in [4.78, 5) is 21.0. The molecule has 2 aliphatic rings. The number of piperidine rings is 1. The fourth-order valence-corrected chi connectivity index (χ4v) is 6.34. The van der Waals surface area contributed by atoms with Gasteiger partial charge in [-0.2, -0.15) is 0 Å². The number of aromatic nitrogens is 1. The second-order valence-electron chi connectivity index (χ2n) is 9.60. The largest absolute Gasteiger partial charge is 0.444 e. The van der Waals surface area contributed by atoms with E-state index in [1.807, 2.05) is 26.8 Å². The Bertz CT molecular complexity index is 939. The maximum Gasteiger partial charge on any atom is 0.410 e. The van der Waals surface area contributed by atoms with Gasteiger partial charge in [0, 0.05) is 25.9 Å². The van der Waals surface area contributed by atoms with Crippen LogP contribution >= 0.6 is 15.9 Å². The van der Waals surface area contributed by atoms with Crippen molar-refractivity contribution in [2.24, 2.45) is 0 Å². The normalized spacial score (nSPS) is 22.0. The summed E-state index contributed by atoms with van der Waals surface area (Å²) in [5.41, 5.74) is 0.114. The van der Waals surface area contributed by atoms with Crippen LogP contribution in [0, 0.1) is 0 Å². The van der Waals surface area contributed by atoms with Crippen molar-refractivity contribution in [1.29, 1.82) is 0 Å². The molecule has 3 rings (SSSR count). The molecule has 3 heterocycles. The van der Waals surface area contributed by atoms with Crippen LogP contribution in [0.25, 0.3) is 0 Å². The van der Waals surface area contributed by atoms with Crippen molar-refractivity contribution < 1.29 is 22.7 Å². The van der Waals surface area contributed by atoms with Gasteiger partial charge in [0.1, 0.15) is 20.8 Å². The van der Waals surface area contributed by atoms with Crippen molar-refractivity contribution in [1.82, 2.24) is 9.88 Å². The first-order chi connectivity index (χ1) is 14.9. The molecule has 0 aromatic carbocycles. The molecular formula is C22H34BrN3O5S. The lowest BCUT2D eigenvalue weighted by molar-refractivity contribution is 0.0192. The number of carbonyl (C=O) groups is 1. The topological polar surface area (TPSA) is 89.0 Å². The van der Waals surface area contributed by atoms with E-state index in [-0.39, 0.29) is 6.04 Å². The second-order valence-corrected chi connectivity index (χ2v) is 12.7. The van der Waals surface area contributed by atoms with Gasteiger partial charge in [0.15, 0.2) is 9.84 Å². The third kappa shape index (κ3) is 5.39. The fourth-order valence-electron chi connectivity index (χ4n) is 4.44. The second kappa shape index (κ2) is 9.46. The summed E-state index contributed by atoms with van der Waals surface area (Å²) < 4.78 is 36.9. The predicted molar refractivity (Wildman–Crippen MR) is 128 cm³/mol. The van der Waals surface area contributed by atoms with Gasteiger partial charge in [0.2, 0.25) is 0 Å². The van der Waals surface area contributed by atoms with Gasteiger partial charge in [-0.3, -0.25) is 0 Å². The van der Waals surface area contributed by atoms with Gasteiger partial charge in [0.05, 0.1) is 19.3 Å². The molecule has 32 heavy (non-hydrogen) atoms. The van der Waals surface area contributed by atoms with E-state index >= 15 is 0 Å². The Kier molecular flexibility index (Phi) is 7.46. The summed E-state index contributed by atoms with van der Waals surface area (Å²) in [5.74, 6) is 0.752. The van der Waals surface area contributed by atoms with Gasteiger partial charge < -0.3 is 19.3 Å². The standard InChI is InChI=1S/C22H34BrN3O5S/c1-6-17-15-30-12-11-26(17)19-14-16(13-18(23)24-19)22(32(5,28)29)7-9-25(10-8-22)20(27)31-21(2,3)4/h13-14,17H,6-12,15H2,1-5H3/t17-/m0/s1. The Labute approximate surface area is 199 Å². The predicted octanol–water partition coefficient (Wildman–Crippen LogP) is 3.73. The quantitative estimate of drug-likeness (QED) is 0.546. The van der Waals surface area contributed by atoms with Gasteiger partial charge >= 0.3 is 6.09 Å².